The predicted molar refractivity (Wildman–Crippen MR) is 96.1 cm³/mol. The van der Waals surface area contributed by atoms with Gasteiger partial charge in [-0.1, -0.05) is 55.5 Å². The summed E-state index contributed by atoms with van der Waals surface area (Å²) >= 11 is 0. The number of hydrogen-bond acceptors (Lipinski definition) is 4. The molecule has 0 fully saturated rings. The maximum atomic E-state index is 10.1. The third-order valence-corrected chi connectivity index (χ3v) is 3.75. The van der Waals surface area contributed by atoms with Gasteiger partial charge in [0.05, 0.1) is 13.2 Å². The molecule has 2 aromatic rings. The molecule has 0 aliphatic heterocycles. The summed E-state index contributed by atoms with van der Waals surface area (Å²) in [6.07, 6.45) is -0.656. The molecule has 4 heteroatoms. The van der Waals surface area contributed by atoms with Gasteiger partial charge in [0.25, 0.3) is 0 Å². The van der Waals surface area contributed by atoms with Crippen LogP contribution < -0.4 is 10.1 Å². The second-order valence-electron chi connectivity index (χ2n) is 5.78. The van der Waals surface area contributed by atoms with Crippen LogP contribution in [0, 0.1) is 0 Å². The van der Waals surface area contributed by atoms with Crippen molar-refractivity contribution in [3.63, 3.8) is 0 Å². The SMILES string of the molecule is CCNC(C)c1ccccc1OCC(O)COCc1ccccc1. The van der Waals surface area contributed by atoms with Crippen LogP contribution in [0.2, 0.25) is 0 Å². The molecular formula is C20H27NO3. The largest absolute Gasteiger partial charge is 0.490 e. The maximum Gasteiger partial charge on any atom is 0.124 e. The number of para-hydroxylation sites is 1. The highest BCUT2D eigenvalue weighted by Crippen LogP contribution is 2.24. The number of rotatable bonds is 10. The summed E-state index contributed by atoms with van der Waals surface area (Å²) in [6, 6.07) is 18.0. The van der Waals surface area contributed by atoms with Crippen molar-refractivity contribution in [3.05, 3.63) is 65.7 Å². The van der Waals surface area contributed by atoms with Crippen molar-refractivity contribution in [2.75, 3.05) is 19.8 Å². The van der Waals surface area contributed by atoms with Crippen LogP contribution in [-0.4, -0.2) is 31.0 Å². The Morgan fingerprint density at radius 1 is 1.00 bits per heavy atom. The van der Waals surface area contributed by atoms with E-state index in [1.165, 1.54) is 0 Å². The van der Waals surface area contributed by atoms with Gasteiger partial charge in [0.1, 0.15) is 18.5 Å². The van der Waals surface area contributed by atoms with Gasteiger partial charge in [-0.2, -0.15) is 0 Å². The van der Waals surface area contributed by atoms with E-state index < -0.39 is 6.10 Å². The molecule has 0 aliphatic carbocycles. The van der Waals surface area contributed by atoms with Crippen molar-refractivity contribution >= 4 is 0 Å². The summed E-state index contributed by atoms with van der Waals surface area (Å²) < 4.78 is 11.3. The molecule has 2 atom stereocenters. The number of hydrogen-bond donors (Lipinski definition) is 2. The molecule has 2 rings (SSSR count). The zero-order valence-corrected chi connectivity index (χ0v) is 14.4. The minimum absolute atomic E-state index is 0.206. The molecule has 0 aliphatic rings. The van der Waals surface area contributed by atoms with E-state index in [4.69, 9.17) is 9.47 Å². The lowest BCUT2D eigenvalue weighted by Crippen LogP contribution is -2.24. The molecule has 0 heterocycles. The van der Waals surface area contributed by atoms with Gasteiger partial charge in [0.15, 0.2) is 0 Å². The van der Waals surface area contributed by atoms with E-state index in [9.17, 15) is 5.11 Å². The van der Waals surface area contributed by atoms with Crippen LogP contribution in [0.3, 0.4) is 0 Å². The zero-order valence-electron chi connectivity index (χ0n) is 14.4. The van der Waals surface area contributed by atoms with Crippen LogP contribution in [0.4, 0.5) is 0 Å². The quantitative estimate of drug-likeness (QED) is 0.702. The number of benzene rings is 2. The van der Waals surface area contributed by atoms with Gasteiger partial charge in [-0.15, -0.1) is 0 Å². The Kier molecular flexibility index (Phi) is 7.75. The summed E-state index contributed by atoms with van der Waals surface area (Å²) in [5.74, 6) is 0.799. The van der Waals surface area contributed by atoms with Gasteiger partial charge in [-0.05, 0) is 25.1 Å². The Bertz CT molecular complexity index is 588. The van der Waals surface area contributed by atoms with Gasteiger partial charge >= 0.3 is 0 Å². The molecular weight excluding hydrogens is 302 g/mol. The molecule has 2 aromatic carbocycles. The van der Waals surface area contributed by atoms with E-state index >= 15 is 0 Å². The molecule has 0 radical (unpaired) electrons. The molecule has 0 saturated carbocycles. The van der Waals surface area contributed by atoms with Gasteiger partial charge in [0, 0.05) is 11.6 Å². The van der Waals surface area contributed by atoms with E-state index in [0.717, 1.165) is 23.4 Å². The van der Waals surface area contributed by atoms with Gasteiger partial charge < -0.3 is 19.9 Å². The molecule has 0 bridgehead atoms. The molecule has 4 nitrogen and oxygen atoms in total. The van der Waals surface area contributed by atoms with Gasteiger partial charge in [-0.25, -0.2) is 0 Å². The maximum absolute atomic E-state index is 10.1. The molecule has 0 aromatic heterocycles. The number of ether oxygens (including phenoxy) is 2. The highest BCUT2D eigenvalue weighted by Gasteiger charge is 2.12. The third-order valence-electron chi connectivity index (χ3n) is 3.75. The molecule has 0 amide bonds. The summed E-state index contributed by atoms with van der Waals surface area (Å²) in [6.45, 7) is 6.03. The first-order valence-corrected chi connectivity index (χ1v) is 8.45. The topological polar surface area (TPSA) is 50.7 Å². The highest BCUT2D eigenvalue weighted by molar-refractivity contribution is 5.35. The number of aliphatic hydroxyl groups is 1. The molecule has 2 N–H and O–H groups in total. The van der Waals surface area contributed by atoms with Crippen LogP contribution in [0.15, 0.2) is 54.6 Å². The van der Waals surface area contributed by atoms with E-state index in [1.54, 1.807) is 0 Å². The lowest BCUT2D eigenvalue weighted by atomic mass is 10.1. The number of nitrogens with one attached hydrogen (secondary N) is 1. The Labute approximate surface area is 144 Å². The monoisotopic (exact) mass is 329 g/mol. The lowest BCUT2D eigenvalue weighted by molar-refractivity contribution is 0.00526. The Balaban J connectivity index is 1.78. The normalized spacial score (nSPS) is 13.5. The molecule has 24 heavy (non-hydrogen) atoms. The minimum Gasteiger partial charge on any atom is -0.490 e. The van der Waals surface area contributed by atoms with E-state index in [1.807, 2.05) is 54.6 Å². The van der Waals surface area contributed by atoms with Crippen molar-refractivity contribution in [1.82, 2.24) is 5.32 Å². The fourth-order valence-electron chi connectivity index (χ4n) is 2.51. The molecule has 130 valence electrons. The first-order chi connectivity index (χ1) is 11.7. The average molecular weight is 329 g/mol. The van der Waals surface area contributed by atoms with E-state index in [-0.39, 0.29) is 19.3 Å². The van der Waals surface area contributed by atoms with Crippen molar-refractivity contribution in [2.45, 2.75) is 32.6 Å². The lowest BCUT2D eigenvalue weighted by Gasteiger charge is -2.19. The van der Waals surface area contributed by atoms with Crippen molar-refractivity contribution in [2.24, 2.45) is 0 Å². The fraction of sp³-hybridized carbons (Fsp3) is 0.400. The smallest absolute Gasteiger partial charge is 0.124 e. The van der Waals surface area contributed by atoms with Crippen molar-refractivity contribution in [3.8, 4) is 5.75 Å². The second-order valence-corrected chi connectivity index (χ2v) is 5.78. The summed E-state index contributed by atoms with van der Waals surface area (Å²) in [7, 11) is 0. The van der Waals surface area contributed by atoms with E-state index in [2.05, 4.69) is 19.2 Å². The van der Waals surface area contributed by atoms with Crippen LogP contribution in [-0.2, 0) is 11.3 Å². The Hall–Kier alpha value is -1.88. The molecule has 0 saturated heterocycles. The summed E-state index contributed by atoms with van der Waals surface area (Å²) in [4.78, 5) is 0. The zero-order chi connectivity index (χ0) is 17.2. The fourth-order valence-corrected chi connectivity index (χ4v) is 2.51. The standard InChI is InChI=1S/C20H27NO3/c1-3-21-16(2)19-11-7-8-12-20(19)24-15-18(22)14-23-13-17-9-5-4-6-10-17/h4-12,16,18,21-22H,3,13-15H2,1-2H3. The first-order valence-electron chi connectivity index (χ1n) is 8.45. The van der Waals surface area contributed by atoms with Crippen LogP contribution in [0.1, 0.15) is 31.0 Å². The third kappa shape index (κ3) is 5.96. The van der Waals surface area contributed by atoms with Crippen LogP contribution >= 0.6 is 0 Å². The number of aliphatic hydroxyl groups excluding tert-OH is 1. The predicted octanol–water partition coefficient (Wildman–Crippen LogP) is 3.31. The van der Waals surface area contributed by atoms with Crippen LogP contribution in [0.5, 0.6) is 5.75 Å². The van der Waals surface area contributed by atoms with Crippen LogP contribution in [0.25, 0.3) is 0 Å². The van der Waals surface area contributed by atoms with Gasteiger partial charge in [0.2, 0.25) is 0 Å². The first kappa shape index (κ1) is 18.5. The average Bonchev–Trinajstić information content (AvgIpc) is 2.61. The molecule has 0 spiro atoms. The van der Waals surface area contributed by atoms with Crippen molar-refractivity contribution < 1.29 is 14.6 Å². The Morgan fingerprint density at radius 3 is 2.46 bits per heavy atom. The van der Waals surface area contributed by atoms with E-state index in [0.29, 0.717) is 6.61 Å². The second kappa shape index (κ2) is 10.1. The Morgan fingerprint density at radius 2 is 1.71 bits per heavy atom. The minimum atomic E-state index is -0.656. The van der Waals surface area contributed by atoms with Crippen molar-refractivity contribution in [1.29, 1.82) is 0 Å². The molecule has 2 unspecified atom stereocenters. The van der Waals surface area contributed by atoms with Gasteiger partial charge in [-0.3, -0.25) is 0 Å². The summed E-state index contributed by atoms with van der Waals surface area (Å²) in [5.41, 5.74) is 2.19. The summed E-state index contributed by atoms with van der Waals surface area (Å²) in [5, 5.41) is 13.4. The highest BCUT2D eigenvalue weighted by atomic mass is 16.5.